The number of pyridine rings is 1. The maximum Gasteiger partial charge on any atom is 0.495 e. The summed E-state index contributed by atoms with van der Waals surface area (Å²) in [5.41, 5.74) is 2.62. The summed E-state index contributed by atoms with van der Waals surface area (Å²) in [5, 5.41) is 0. The van der Waals surface area contributed by atoms with Crippen LogP contribution in [0.2, 0.25) is 0 Å². The molecule has 3 aromatic rings. The van der Waals surface area contributed by atoms with E-state index in [2.05, 4.69) is 0 Å². The maximum absolute atomic E-state index is 13.9. The highest BCUT2D eigenvalue weighted by atomic mass is 19.4. The number of benzene rings is 2. The quantitative estimate of drug-likeness (QED) is 0.328. The Hall–Kier alpha value is -3.04. The summed E-state index contributed by atoms with van der Waals surface area (Å²) in [7, 11) is 2.21. The van der Waals surface area contributed by atoms with E-state index in [1.807, 2.05) is 76.2 Å². The van der Waals surface area contributed by atoms with Crippen LogP contribution in [0.3, 0.4) is 0 Å². The average molecular weight is 541 g/mol. The summed E-state index contributed by atoms with van der Waals surface area (Å²) in [4.78, 5) is 4.76. The van der Waals surface area contributed by atoms with Gasteiger partial charge in [-0.15, -0.1) is 0 Å². The van der Waals surface area contributed by atoms with Gasteiger partial charge in [0.05, 0.1) is 31.8 Å². The van der Waals surface area contributed by atoms with E-state index in [1.54, 1.807) is 21.1 Å². The molecule has 1 aliphatic heterocycles. The number of hydrogen-bond acceptors (Lipinski definition) is 5. The molecule has 1 saturated heterocycles. The lowest BCUT2D eigenvalue weighted by atomic mass is 9.70. The Morgan fingerprint density at radius 2 is 1.23 bits per heavy atom. The van der Waals surface area contributed by atoms with Crippen molar-refractivity contribution in [2.45, 2.75) is 71.3 Å². The summed E-state index contributed by atoms with van der Waals surface area (Å²) in [5.74, 6) is 1.42. The molecule has 1 fully saturated rings. The third kappa shape index (κ3) is 6.41. The molecule has 4 rings (SSSR count). The summed E-state index contributed by atoms with van der Waals surface area (Å²) in [6.07, 6.45) is -4.77. The van der Waals surface area contributed by atoms with E-state index in [-0.39, 0.29) is 5.56 Å². The molecule has 1 aromatic heterocycles. The summed E-state index contributed by atoms with van der Waals surface area (Å²) < 4.78 is 65.0. The Balaban J connectivity index is 1.92. The molecule has 2 heterocycles. The molecule has 0 radical (unpaired) electrons. The number of aromatic nitrogens is 1. The van der Waals surface area contributed by atoms with Gasteiger partial charge in [-0.05, 0) is 93.0 Å². The highest BCUT2D eigenvalue weighted by Crippen LogP contribution is 2.38. The normalized spacial score (nSPS) is 16.4. The first kappa shape index (κ1) is 29.0. The van der Waals surface area contributed by atoms with E-state index in [0.717, 1.165) is 16.9 Å². The van der Waals surface area contributed by atoms with Crippen LogP contribution in [-0.4, -0.2) is 43.7 Å². The molecular weight excluding hydrogens is 506 g/mol. The SMILES string of the molecule is COc1ccc(Cc2nc(C)c(CC(F)(F)F)c(B3OC(C)(C)C(C)(C)O3)c2Cc2ccc(OC)cc2)cc1. The summed E-state index contributed by atoms with van der Waals surface area (Å²) >= 11 is 0. The van der Waals surface area contributed by atoms with Crippen molar-refractivity contribution in [2.24, 2.45) is 0 Å². The van der Waals surface area contributed by atoms with Gasteiger partial charge in [-0.25, -0.2) is 0 Å². The smallest absolute Gasteiger partial charge is 0.495 e. The fraction of sp³-hybridized carbons (Fsp3) is 0.433. The number of rotatable bonds is 8. The molecule has 0 saturated carbocycles. The molecule has 39 heavy (non-hydrogen) atoms. The lowest BCUT2D eigenvalue weighted by molar-refractivity contribution is -0.127. The minimum Gasteiger partial charge on any atom is -0.497 e. The molecule has 2 aromatic carbocycles. The van der Waals surface area contributed by atoms with Crippen molar-refractivity contribution in [1.29, 1.82) is 0 Å². The van der Waals surface area contributed by atoms with Gasteiger partial charge < -0.3 is 18.8 Å². The standard InChI is InChI=1S/C30H35BF3NO4/c1-19-25(18-30(32,33)34)27(31-38-28(2,3)29(4,5)39-31)24(16-20-8-12-22(36-6)13-9-20)26(35-19)17-21-10-14-23(37-7)15-11-21/h8-15H,16-18H2,1-7H3. The Kier molecular flexibility index (Phi) is 8.06. The number of hydrogen-bond donors (Lipinski definition) is 0. The van der Waals surface area contributed by atoms with Crippen molar-refractivity contribution < 1.29 is 32.0 Å². The highest BCUT2D eigenvalue weighted by Gasteiger charge is 2.53. The first-order valence-corrected chi connectivity index (χ1v) is 12.9. The van der Waals surface area contributed by atoms with E-state index >= 15 is 0 Å². The summed E-state index contributed by atoms with van der Waals surface area (Å²) in [6, 6.07) is 15.1. The molecule has 0 spiro atoms. The number of alkyl halides is 3. The van der Waals surface area contributed by atoms with Gasteiger partial charge in [0.2, 0.25) is 0 Å². The van der Waals surface area contributed by atoms with Crippen molar-refractivity contribution in [3.05, 3.63) is 82.2 Å². The van der Waals surface area contributed by atoms with Crippen molar-refractivity contribution in [3.63, 3.8) is 0 Å². The second-order valence-corrected chi connectivity index (χ2v) is 10.9. The second-order valence-electron chi connectivity index (χ2n) is 10.9. The van der Waals surface area contributed by atoms with E-state index in [1.165, 1.54) is 0 Å². The van der Waals surface area contributed by atoms with Crippen LogP contribution in [0.25, 0.3) is 0 Å². The van der Waals surface area contributed by atoms with Crippen molar-refractivity contribution in [2.75, 3.05) is 14.2 Å². The molecule has 0 aliphatic carbocycles. The van der Waals surface area contributed by atoms with Crippen molar-refractivity contribution in [1.82, 2.24) is 4.98 Å². The van der Waals surface area contributed by atoms with Gasteiger partial charge in [-0.1, -0.05) is 24.3 Å². The average Bonchev–Trinajstić information content (AvgIpc) is 3.08. The molecule has 1 aliphatic rings. The van der Waals surface area contributed by atoms with E-state index in [9.17, 15) is 13.2 Å². The van der Waals surface area contributed by atoms with Crippen LogP contribution in [0, 0.1) is 6.92 Å². The van der Waals surface area contributed by atoms with Gasteiger partial charge in [-0.3, -0.25) is 4.98 Å². The fourth-order valence-electron chi connectivity index (χ4n) is 4.77. The lowest BCUT2D eigenvalue weighted by Gasteiger charge is -2.32. The zero-order valence-electron chi connectivity index (χ0n) is 23.5. The lowest BCUT2D eigenvalue weighted by Crippen LogP contribution is -2.42. The minimum atomic E-state index is -4.43. The number of nitrogens with zero attached hydrogens (tertiary/aromatic N) is 1. The zero-order chi connectivity index (χ0) is 28.6. The number of halogens is 3. The monoisotopic (exact) mass is 541 g/mol. The van der Waals surface area contributed by atoms with Crippen LogP contribution in [0.15, 0.2) is 48.5 Å². The molecule has 5 nitrogen and oxygen atoms in total. The number of aryl methyl sites for hydroxylation is 1. The minimum absolute atomic E-state index is 0.1000. The third-order valence-electron chi connectivity index (χ3n) is 7.67. The van der Waals surface area contributed by atoms with Crippen LogP contribution in [-0.2, 0) is 28.6 Å². The molecule has 0 amide bonds. The van der Waals surface area contributed by atoms with Crippen molar-refractivity contribution in [3.8, 4) is 11.5 Å². The highest BCUT2D eigenvalue weighted by molar-refractivity contribution is 6.63. The Morgan fingerprint density at radius 1 is 0.769 bits per heavy atom. The molecular formula is C30H35BF3NO4. The van der Waals surface area contributed by atoms with Crippen LogP contribution < -0.4 is 14.9 Å². The van der Waals surface area contributed by atoms with Crippen LogP contribution in [0.1, 0.15) is 61.3 Å². The van der Waals surface area contributed by atoms with Crippen molar-refractivity contribution >= 4 is 12.6 Å². The maximum atomic E-state index is 13.9. The Bertz CT molecular complexity index is 1290. The van der Waals surface area contributed by atoms with Gasteiger partial charge in [0.1, 0.15) is 11.5 Å². The molecule has 9 heteroatoms. The molecule has 0 atom stereocenters. The molecule has 208 valence electrons. The van der Waals surface area contributed by atoms with Crippen LogP contribution in [0.5, 0.6) is 11.5 Å². The number of ether oxygens (including phenoxy) is 2. The molecule has 0 N–H and O–H groups in total. The second kappa shape index (κ2) is 10.9. The first-order valence-electron chi connectivity index (χ1n) is 12.9. The van der Waals surface area contributed by atoms with Gasteiger partial charge >= 0.3 is 13.3 Å². The van der Waals surface area contributed by atoms with Gasteiger partial charge in [0, 0.05) is 17.8 Å². The van der Waals surface area contributed by atoms with Gasteiger partial charge in [0.25, 0.3) is 0 Å². The predicted octanol–water partition coefficient (Wildman–Crippen LogP) is 5.99. The third-order valence-corrected chi connectivity index (χ3v) is 7.67. The fourth-order valence-corrected chi connectivity index (χ4v) is 4.77. The van der Waals surface area contributed by atoms with Crippen LogP contribution in [0.4, 0.5) is 13.2 Å². The van der Waals surface area contributed by atoms with E-state index < -0.39 is 30.9 Å². The van der Waals surface area contributed by atoms with Gasteiger partial charge in [0.15, 0.2) is 0 Å². The topological polar surface area (TPSA) is 49.8 Å². The first-order chi connectivity index (χ1) is 18.2. The van der Waals surface area contributed by atoms with E-state index in [4.69, 9.17) is 23.8 Å². The molecule has 0 unspecified atom stereocenters. The summed E-state index contributed by atoms with van der Waals surface area (Å²) in [6.45, 7) is 9.21. The number of methoxy groups -OCH3 is 2. The Morgan fingerprint density at radius 3 is 1.67 bits per heavy atom. The van der Waals surface area contributed by atoms with Gasteiger partial charge in [-0.2, -0.15) is 13.2 Å². The zero-order valence-corrected chi connectivity index (χ0v) is 23.5. The molecule has 0 bridgehead atoms. The largest absolute Gasteiger partial charge is 0.497 e. The van der Waals surface area contributed by atoms with Crippen LogP contribution >= 0.6 is 0 Å². The Labute approximate surface area is 228 Å². The predicted molar refractivity (Wildman–Crippen MR) is 146 cm³/mol. The van der Waals surface area contributed by atoms with E-state index in [0.29, 0.717) is 41.0 Å².